The molecule has 2 N–H and O–H groups in total. The Morgan fingerprint density at radius 2 is 1.80 bits per heavy atom. The zero-order chi connectivity index (χ0) is 14.1. The van der Waals surface area contributed by atoms with Gasteiger partial charge in [-0.05, 0) is 19.1 Å². The molecule has 0 saturated heterocycles. The molecular weight excluding hydrogens is 258 g/mol. The standard InChI is InChI=1S/C15H13NO4/c1-9-2-4-10(5-3-9)16-12-7-14-13(19-8-20-14)6-11(12)15(17)18/h2-7,16H,8H2,1H3,(H,17,18). The van der Waals surface area contributed by atoms with E-state index in [2.05, 4.69) is 5.32 Å². The van der Waals surface area contributed by atoms with Gasteiger partial charge in [-0.1, -0.05) is 17.7 Å². The Kier molecular flexibility index (Phi) is 2.95. The Labute approximate surface area is 115 Å². The average Bonchev–Trinajstić information content (AvgIpc) is 2.87. The minimum absolute atomic E-state index is 0.113. The SMILES string of the molecule is Cc1ccc(Nc2cc3c(cc2C(=O)O)OCO3)cc1. The van der Waals surface area contributed by atoms with Gasteiger partial charge >= 0.3 is 5.97 Å². The molecule has 3 rings (SSSR count). The summed E-state index contributed by atoms with van der Waals surface area (Å²) in [5, 5.41) is 12.4. The van der Waals surface area contributed by atoms with Crippen molar-refractivity contribution in [2.24, 2.45) is 0 Å². The van der Waals surface area contributed by atoms with Crippen LogP contribution in [0.4, 0.5) is 11.4 Å². The van der Waals surface area contributed by atoms with Crippen molar-refractivity contribution in [3.05, 3.63) is 47.5 Å². The maximum atomic E-state index is 11.3. The van der Waals surface area contributed by atoms with Gasteiger partial charge in [-0.15, -0.1) is 0 Å². The minimum atomic E-state index is -1.02. The quantitative estimate of drug-likeness (QED) is 0.897. The molecule has 2 aromatic carbocycles. The van der Waals surface area contributed by atoms with Gasteiger partial charge in [0.1, 0.15) is 0 Å². The van der Waals surface area contributed by atoms with Crippen LogP contribution >= 0.6 is 0 Å². The fraction of sp³-hybridized carbons (Fsp3) is 0.133. The molecule has 1 heterocycles. The van der Waals surface area contributed by atoms with E-state index in [1.54, 1.807) is 6.07 Å². The molecule has 0 fully saturated rings. The Morgan fingerprint density at radius 1 is 1.15 bits per heavy atom. The van der Waals surface area contributed by atoms with Crippen LogP contribution in [0.5, 0.6) is 11.5 Å². The molecule has 1 aliphatic heterocycles. The van der Waals surface area contributed by atoms with Crippen molar-refractivity contribution < 1.29 is 19.4 Å². The van der Waals surface area contributed by atoms with Crippen molar-refractivity contribution in [3.63, 3.8) is 0 Å². The largest absolute Gasteiger partial charge is 0.478 e. The van der Waals surface area contributed by atoms with Gasteiger partial charge in [0.05, 0.1) is 11.3 Å². The summed E-state index contributed by atoms with van der Waals surface area (Å²) in [5.41, 5.74) is 2.58. The highest BCUT2D eigenvalue weighted by molar-refractivity contribution is 5.96. The van der Waals surface area contributed by atoms with E-state index in [1.807, 2.05) is 31.2 Å². The molecule has 0 radical (unpaired) electrons. The van der Waals surface area contributed by atoms with Gasteiger partial charge in [-0.2, -0.15) is 0 Å². The lowest BCUT2D eigenvalue weighted by Crippen LogP contribution is -2.02. The summed E-state index contributed by atoms with van der Waals surface area (Å²) in [6, 6.07) is 10.8. The number of nitrogens with one attached hydrogen (secondary N) is 1. The van der Waals surface area contributed by atoms with E-state index in [9.17, 15) is 9.90 Å². The number of carboxylic acid groups (broad SMARTS) is 1. The zero-order valence-corrected chi connectivity index (χ0v) is 10.8. The van der Waals surface area contributed by atoms with Crippen LogP contribution in [-0.4, -0.2) is 17.9 Å². The van der Waals surface area contributed by atoms with Crippen molar-refractivity contribution in [1.29, 1.82) is 0 Å². The Balaban J connectivity index is 1.99. The second-order valence-corrected chi connectivity index (χ2v) is 4.55. The number of ether oxygens (including phenoxy) is 2. The second kappa shape index (κ2) is 4.77. The number of fused-ring (bicyclic) bond motifs is 1. The monoisotopic (exact) mass is 271 g/mol. The first-order valence-corrected chi connectivity index (χ1v) is 6.14. The van der Waals surface area contributed by atoms with Crippen LogP contribution in [-0.2, 0) is 0 Å². The number of benzene rings is 2. The lowest BCUT2D eigenvalue weighted by molar-refractivity contribution is 0.0697. The first-order valence-electron chi connectivity index (χ1n) is 6.14. The molecule has 0 bridgehead atoms. The number of carbonyl (C=O) groups is 1. The molecular formula is C15H13NO4. The number of anilines is 2. The summed E-state index contributed by atoms with van der Waals surface area (Å²) in [6.45, 7) is 2.11. The van der Waals surface area contributed by atoms with Crippen molar-refractivity contribution in [3.8, 4) is 11.5 Å². The fourth-order valence-electron chi connectivity index (χ4n) is 2.01. The van der Waals surface area contributed by atoms with E-state index in [0.29, 0.717) is 17.2 Å². The summed E-state index contributed by atoms with van der Waals surface area (Å²) in [7, 11) is 0. The van der Waals surface area contributed by atoms with Gasteiger partial charge in [-0.3, -0.25) is 0 Å². The molecule has 0 aliphatic carbocycles. The molecule has 0 atom stereocenters. The van der Waals surface area contributed by atoms with Gasteiger partial charge < -0.3 is 19.9 Å². The molecule has 1 aliphatic rings. The second-order valence-electron chi connectivity index (χ2n) is 4.55. The number of rotatable bonds is 3. The summed E-state index contributed by atoms with van der Waals surface area (Å²) >= 11 is 0. The van der Waals surface area contributed by atoms with Crippen LogP contribution in [0, 0.1) is 6.92 Å². The molecule has 0 aromatic heterocycles. The average molecular weight is 271 g/mol. The van der Waals surface area contributed by atoms with Gasteiger partial charge in [0.2, 0.25) is 6.79 Å². The van der Waals surface area contributed by atoms with Crippen LogP contribution < -0.4 is 14.8 Å². The highest BCUT2D eigenvalue weighted by atomic mass is 16.7. The maximum Gasteiger partial charge on any atom is 0.337 e. The van der Waals surface area contributed by atoms with Gasteiger partial charge in [0.15, 0.2) is 11.5 Å². The van der Waals surface area contributed by atoms with E-state index >= 15 is 0 Å². The predicted molar refractivity (Wildman–Crippen MR) is 74.0 cm³/mol. The van der Waals surface area contributed by atoms with Crippen molar-refractivity contribution in [2.75, 3.05) is 12.1 Å². The highest BCUT2D eigenvalue weighted by Gasteiger charge is 2.20. The van der Waals surface area contributed by atoms with Crippen molar-refractivity contribution in [2.45, 2.75) is 6.92 Å². The number of aromatic carboxylic acids is 1. The maximum absolute atomic E-state index is 11.3. The zero-order valence-electron chi connectivity index (χ0n) is 10.8. The molecule has 0 spiro atoms. The van der Waals surface area contributed by atoms with Gasteiger partial charge in [0, 0.05) is 17.8 Å². The smallest absolute Gasteiger partial charge is 0.337 e. The van der Waals surface area contributed by atoms with Crippen molar-refractivity contribution >= 4 is 17.3 Å². The summed E-state index contributed by atoms with van der Waals surface area (Å²) in [6.07, 6.45) is 0. The molecule has 5 heteroatoms. The highest BCUT2D eigenvalue weighted by Crippen LogP contribution is 2.38. The normalized spacial score (nSPS) is 12.2. The number of hydrogen-bond acceptors (Lipinski definition) is 4. The third kappa shape index (κ3) is 2.25. The molecule has 0 saturated carbocycles. The Hall–Kier alpha value is -2.69. The number of carboxylic acids is 1. The van der Waals surface area contributed by atoms with Crippen LogP contribution in [0.3, 0.4) is 0 Å². The fourth-order valence-corrected chi connectivity index (χ4v) is 2.01. The predicted octanol–water partition coefficient (Wildman–Crippen LogP) is 3.17. The van der Waals surface area contributed by atoms with Crippen LogP contribution in [0.2, 0.25) is 0 Å². The van der Waals surface area contributed by atoms with Gasteiger partial charge in [-0.25, -0.2) is 4.79 Å². The van der Waals surface area contributed by atoms with E-state index in [-0.39, 0.29) is 12.4 Å². The summed E-state index contributed by atoms with van der Waals surface area (Å²) in [4.78, 5) is 11.3. The van der Waals surface area contributed by atoms with Crippen molar-refractivity contribution in [1.82, 2.24) is 0 Å². The van der Waals surface area contributed by atoms with E-state index in [0.717, 1.165) is 11.3 Å². The van der Waals surface area contributed by atoms with E-state index in [1.165, 1.54) is 6.07 Å². The van der Waals surface area contributed by atoms with Crippen LogP contribution in [0.15, 0.2) is 36.4 Å². The van der Waals surface area contributed by atoms with Crippen LogP contribution in [0.1, 0.15) is 15.9 Å². The summed E-state index contributed by atoms with van der Waals surface area (Å²) < 4.78 is 10.5. The third-order valence-corrected chi connectivity index (χ3v) is 3.07. The molecule has 102 valence electrons. The summed E-state index contributed by atoms with van der Waals surface area (Å²) in [5.74, 6) is -0.0145. The van der Waals surface area contributed by atoms with E-state index < -0.39 is 5.97 Å². The molecule has 5 nitrogen and oxygen atoms in total. The molecule has 20 heavy (non-hydrogen) atoms. The lowest BCUT2D eigenvalue weighted by Gasteiger charge is -2.11. The van der Waals surface area contributed by atoms with Gasteiger partial charge in [0.25, 0.3) is 0 Å². The third-order valence-electron chi connectivity index (χ3n) is 3.07. The van der Waals surface area contributed by atoms with Crippen LogP contribution in [0.25, 0.3) is 0 Å². The topological polar surface area (TPSA) is 67.8 Å². The Morgan fingerprint density at radius 3 is 2.45 bits per heavy atom. The Bertz CT molecular complexity index is 664. The molecule has 0 unspecified atom stereocenters. The number of hydrogen-bond donors (Lipinski definition) is 2. The van der Waals surface area contributed by atoms with E-state index in [4.69, 9.17) is 9.47 Å². The minimum Gasteiger partial charge on any atom is -0.478 e. The molecule has 2 aromatic rings. The first-order chi connectivity index (χ1) is 9.63. The first kappa shape index (κ1) is 12.3. The number of aryl methyl sites for hydroxylation is 1. The molecule has 0 amide bonds. The lowest BCUT2D eigenvalue weighted by atomic mass is 10.1.